The first-order chi connectivity index (χ1) is 13.0. The summed E-state index contributed by atoms with van der Waals surface area (Å²) in [7, 11) is -3.78. The van der Waals surface area contributed by atoms with E-state index in [0.29, 0.717) is 16.6 Å². The van der Waals surface area contributed by atoms with Crippen molar-refractivity contribution in [2.75, 3.05) is 0 Å². The summed E-state index contributed by atoms with van der Waals surface area (Å²) in [6, 6.07) is 12.7. The van der Waals surface area contributed by atoms with Crippen LogP contribution in [0.3, 0.4) is 0 Å². The number of aryl methyl sites for hydroxylation is 2. The Balaban J connectivity index is 2.02. The molecule has 2 aromatic carbocycles. The van der Waals surface area contributed by atoms with E-state index in [1.54, 1.807) is 12.1 Å². The largest absolute Gasteiger partial charge is 0.255 e. The van der Waals surface area contributed by atoms with Gasteiger partial charge in [0, 0.05) is 11.6 Å². The molecule has 0 aliphatic carbocycles. The minimum Gasteiger partial charge on any atom is -0.255 e. The van der Waals surface area contributed by atoms with Gasteiger partial charge in [-0.2, -0.15) is 5.10 Å². The van der Waals surface area contributed by atoms with Gasteiger partial charge in [0.2, 0.25) is 9.84 Å². The fourth-order valence-corrected chi connectivity index (χ4v) is 4.46. The second-order valence-corrected chi connectivity index (χ2v) is 8.25. The van der Waals surface area contributed by atoms with Crippen molar-refractivity contribution < 1.29 is 8.42 Å². The van der Waals surface area contributed by atoms with Gasteiger partial charge in [-0.3, -0.25) is 4.98 Å². The van der Waals surface area contributed by atoms with Crippen molar-refractivity contribution in [1.29, 1.82) is 0 Å². The molecule has 0 spiro atoms. The fourth-order valence-electron chi connectivity index (χ4n) is 3.06. The molecule has 0 unspecified atom stereocenters. The van der Waals surface area contributed by atoms with Crippen molar-refractivity contribution in [3.8, 4) is 5.69 Å². The minimum absolute atomic E-state index is 0.107. The Morgan fingerprint density at radius 1 is 1.07 bits per heavy atom. The molecule has 0 atom stereocenters. The Morgan fingerprint density at radius 2 is 1.85 bits per heavy atom. The Bertz CT molecular complexity index is 1220. The van der Waals surface area contributed by atoms with Crippen molar-refractivity contribution in [3.05, 3.63) is 72.4 Å². The van der Waals surface area contributed by atoms with Gasteiger partial charge in [0.25, 0.3) is 0 Å². The first-order valence-electron chi connectivity index (χ1n) is 8.59. The van der Waals surface area contributed by atoms with Gasteiger partial charge >= 0.3 is 0 Å². The van der Waals surface area contributed by atoms with Gasteiger partial charge in [-0.1, -0.05) is 30.7 Å². The van der Waals surface area contributed by atoms with Crippen LogP contribution in [0.4, 0.5) is 0 Å². The molecule has 0 saturated carbocycles. The molecule has 0 fully saturated rings. The lowest BCUT2D eigenvalue weighted by Gasteiger charge is -2.13. The maximum Gasteiger partial charge on any atom is 0.210 e. The van der Waals surface area contributed by atoms with E-state index >= 15 is 0 Å². The molecule has 0 radical (unpaired) electrons. The summed E-state index contributed by atoms with van der Waals surface area (Å²) in [5.74, 6) is 0. The second kappa shape index (κ2) is 6.59. The van der Waals surface area contributed by atoms with Crippen LogP contribution in [0.25, 0.3) is 16.6 Å². The maximum absolute atomic E-state index is 13.4. The number of sulfone groups is 1. The average molecular weight is 378 g/mol. The molecule has 6 nitrogen and oxygen atoms in total. The molecule has 0 amide bonds. The summed E-state index contributed by atoms with van der Waals surface area (Å²) in [6.07, 6.45) is 5.13. The number of rotatable bonds is 4. The number of hydrogen-bond donors (Lipinski definition) is 0. The molecule has 4 aromatic rings. The summed E-state index contributed by atoms with van der Waals surface area (Å²) < 4.78 is 28.2. The number of hydrogen-bond acceptors (Lipinski definition) is 5. The van der Waals surface area contributed by atoms with Gasteiger partial charge in [-0.25, -0.2) is 18.1 Å². The van der Waals surface area contributed by atoms with Crippen LogP contribution >= 0.6 is 0 Å². The first kappa shape index (κ1) is 17.4. The highest BCUT2D eigenvalue weighted by Crippen LogP contribution is 2.31. The van der Waals surface area contributed by atoms with Crippen LogP contribution in [0.5, 0.6) is 0 Å². The quantitative estimate of drug-likeness (QED) is 0.543. The molecule has 0 aliphatic heterocycles. The van der Waals surface area contributed by atoms with Gasteiger partial charge in [0.1, 0.15) is 17.6 Å². The average Bonchev–Trinajstić information content (AvgIpc) is 3.21. The molecule has 4 rings (SSSR count). The molecule has 0 saturated heterocycles. The molecule has 2 aromatic heterocycles. The molecule has 7 heteroatoms. The summed E-state index contributed by atoms with van der Waals surface area (Å²) >= 11 is 0. The third-order valence-electron chi connectivity index (χ3n) is 4.54. The van der Waals surface area contributed by atoms with E-state index in [4.69, 9.17) is 0 Å². The Morgan fingerprint density at radius 3 is 2.52 bits per heavy atom. The molecule has 0 N–H and O–H groups in total. The fraction of sp³-hybridized carbons (Fsp3) is 0.150. The summed E-state index contributed by atoms with van der Waals surface area (Å²) in [4.78, 5) is 8.70. The van der Waals surface area contributed by atoms with Gasteiger partial charge in [-0.05, 0) is 43.2 Å². The van der Waals surface area contributed by atoms with Crippen LogP contribution in [0, 0.1) is 6.92 Å². The van der Waals surface area contributed by atoms with Crippen molar-refractivity contribution in [2.45, 2.75) is 30.1 Å². The van der Waals surface area contributed by atoms with E-state index in [1.807, 2.05) is 44.2 Å². The third kappa shape index (κ3) is 3.00. The van der Waals surface area contributed by atoms with E-state index in [9.17, 15) is 8.42 Å². The number of pyridine rings is 1. The van der Waals surface area contributed by atoms with Crippen molar-refractivity contribution in [3.63, 3.8) is 0 Å². The van der Waals surface area contributed by atoms with Crippen LogP contribution in [-0.2, 0) is 16.3 Å². The monoisotopic (exact) mass is 378 g/mol. The maximum atomic E-state index is 13.4. The lowest BCUT2D eigenvalue weighted by Crippen LogP contribution is -2.10. The zero-order valence-electron chi connectivity index (χ0n) is 15.0. The zero-order chi connectivity index (χ0) is 19.0. The molecule has 0 bridgehead atoms. The van der Waals surface area contributed by atoms with Crippen molar-refractivity contribution in [1.82, 2.24) is 19.7 Å². The number of aromatic nitrogens is 4. The smallest absolute Gasteiger partial charge is 0.210 e. The third-order valence-corrected chi connectivity index (χ3v) is 6.31. The van der Waals surface area contributed by atoms with E-state index < -0.39 is 9.84 Å². The predicted octanol–water partition coefficient (Wildman–Crippen LogP) is 3.52. The summed E-state index contributed by atoms with van der Waals surface area (Å²) in [6.45, 7) is 3.98. The predicted molar refractivity (Wildman–Crippen MR) is 103 cm³/mol. The van der Waals surface area contributed by atoms with Crippen LogP contribution < -0.4 is 0 Å². The number of nitrogens with zero attached hydrogens (tertiary/aromatic N) is 4. The highest BCUT2D eigenvalue weighted by atomic mass is 32.2. The van der Waals surface area contributed by atoms with Gasteiger partial charge in [0.05, 0.1) is 16.1 Å². The van der Waals surface area contributed by atoms with Crippen LogP contribution in [0.1, 0.15) is 18.1 Å². The van der Waals surface area contributed by atoms with E-state index in [0.717, 1.165) is 17.5 Å². The lowest BCUT2D eigenvalue weighted by molar-refractivity contribution is 0.594. The van der Waals surface area contributed by atoms with E-state index in [1.165, 1.54) is 23.5 Å². The van der Waals surface area contributed by atoms with Gasteiger partial charge in [0.15, 0.2) is 0 Å². The van der Waals surface area contributed by atoms with Gasteiger partial charge in [-0.15, -0.1) is 0 Å². The Kier molecular flexibility index (Phi) is 4.24. The normalized spacial score (nSPS) is 11.8. The minimum atomic E-state index is -3.78. The van der Waals surface area contributed by atoms with Crippen LogP contribution in [-0.4, -0.2) is 28.2 Å². The SMILES string of the molecule is CCc1ccc(S(=O)(=O)c2cnc3ccc(C)cc3c2-n2cncn2)cc1. The molecule has 2 heterocycles. The van der Waals surface area contributed by atoms with Crippen molar-refractivity contribution >= 4 is 20.7 Å². The summed E-state index contributed by atoms with van der Waals surface area (Å²) in [5, 5.41) is 4.89. The topological polar surface area (TPSA) is 77.7 Å². The molecular weight excluding hydrogens is 360 g/mol. The molecule has 27 heavy (non-hydrogen) atoms. The van der Waals surface area contributed by atoms with Gasteiger partial charge < -0.3 is 0 Å². The Labute approximate surface area is 157 Å². The highest BCUT2D eigenvalue weighted by Gasteiger charge is 2.25. The zero-order valence-corrected chi connectivity index (χ0v) is 15.8. The summed E-state index contributed by atoms with van der Waals surface area (Å²) in [5.41, 5.74) is 3.25. The highest BCUT2D eigenvalue weighted by molar-refractivity contribution is 7.91. The lowest BCUT2D eigenvalue weighted by atomic mass is 10.1. The number of benzene rings is 2. The van der Waals surface area contributed by atoms with Crippen molar-refractivity contribution in [2.24, 2.45) is 0 Å². The molecular formula is C20H18N4O2S. The Hall–Kier alpha value is -3.06. The first-order valence-corrected chi connectivity index (χ1v) is 10.1. The molecule has 136 valence electrons. The second-order valence-electron chi connectivity index (χ2n) is 6.33. The van der Waals surface area contributed by atoms with E-state index in [2.05, 4.69) is 15.1 Å². The standard InChI is InChI=1S/C20H18N4O2S/c1-3-15-5-7-16(8-6-15)27(25,26)19-11-22-18-9-4-14(2)10-17(18)20(19)24-13-21-12-23-24/h4-13H,3H2,1-2H3. The van der Waals surface area contributed by atoms with Crippen LogP contribution in [0.2, 0.25) is 0 Å². The van der Waals surface area contributed by atoms with E-state index in [-0.39, 0.29) is 9.79 Å². The number of fused-ring (bicyclic) bond motifs is 1. The van der Waals surface area contributed by atoms with Crippen LogP contribution in [0.15, 0.2) is 71.1 Å². The molecule has 0 aliphatic rings.